The second-order valence-electron chi connectivity index (χ2n) is 3.39. The van der Waals surface area contributed by atoms with Crippen molar-refractivity contribution in [2.24, 2.45) is 5.92 Å². The fourth-order valence-corrected chi connectivity index (χ4v) is 1.79. The van der Waals surface area contributed by atoms with Crippen molar-refractivity contribution < 1.29 is 9.53 Å². The average molecular weight is 283 g/mol. The summed E-state index contributed by atoms with van der Waals surface area (Å²) in [5, 5.41) is 0. The summed E-state index contributed by atoms with van der Waals surface area (Å²) in [6.07, 6.45) is 4.32. The van der Waals surface area contributed by atoms with E-state index < -0.39 is 0 Å². The molecule has 0 radical (unpaired) electrons. The van der Waals surface area contributed by atoms with Gasteiger partial charge in [0.25, 0.3) is 0 Å². The maximum absolute atomic E-state index is 10.8. The van der Waals surface area contributed by atoms with E-state index in [0.29, 0.717) is 5.92 Å². The molecule has 3 nitrogen and oxygen atoms in total. The van der Waals surface area contributed by atoms with E-state index in [1.54, 1.807) is 22.9 Å². The zero-order valence-electron chi connectivity index (χ0n) is 7.18. The van der Waals surface area contributed by atoms with Gasteiger partial charge >= 0.3 is 6.09 Å². The molecule has 2 atom stereocenters. The molecule has 0 heterocycles. The molecular formula is C8H14INO2. The highest BCUT2D eigenvalue weighted by atomic mass is 127. The van der Waals surface area contributed by atoms with Crippen LogP contribution in [0, 0.1) is 5.92 Å². The lowest BCUT2D eigenvalue weighted by atomic mass is 9.89. The predicted molar refractivity (Wildman–Crippen MR) is 55.1 cm³/mol. The van der Waals surface area contributed by atoms with Gasteiger partial charge in [-0.1, -0.05) is 13.3 Å². The first-order chi connectivity index (χ1) is 5.72. The Morgan fingerprint density at radius 2 is 2.33 bits per heavy atom. The Morgan fingerprint density at radius 3 is 2.92 bits per heavy atom. The van der Waals surface area contributed by atoms with Crippen LogP contribution in [-0.2, 0) is 4.74 Å². The lowest BCUT2D eigenvalue weighted by molar-refractivity contribution is 0.0676. The van der Waals surface area contributed by atoms with Crippen molar-refractivity contribution in [3.63, 3.8) is 0 Å². The maximum Gasteiger partial charge on any atom is 0.416 e. The SMILES string of the molecule is CC1CCCC(OC(=O)NI)C1. The first kappa shape index (κ1) is 10.1. The molecule has 4 heteroatoms. The summed E-state index contributed by atoms with van der Waals surface area (Å²) in [4.78, 5) is 10.8. The van der Waals surface area contributed by atoms with E-state index in [1.807, 2.05) is 0 Å². The summed E-state index contributed by atoms with van der Waals surface area (Å²) in [5.74, 6) is 0.700. The quantitative estimate of drug-likeness (QED) is 0.593. The van der Waals surface area contributed by atoms with Crippen LogP contribution in [0.2, 0.25) is 0 Å². The standard InChI is InChI=1S/C8H14INO2/c1-6-3-2-4-7(5-6)12-8(11)10-9/h6-7H,2-5H2,1H3,(H,10,11). The molecule has 70 valence electrons. The van der Waals surface area contributed by atoms with Crippen LogP contribution in [0.3, 0.4) is 0 Å². The molecule has 1 aliphatic carbocycles. The molecule has 2 unspecified atom stereocenters. The lowest BCUT2D eigenvalue weighted by Gasteiger charge is -2.25. The molecule has 0 bridgehead atoms. The van der Waals surface area contributed by atoms with E-state index in [0.717, 1.165) is 12.8 Å². The normalized spacial score (nSPS) is 29.5. The summed E-state index contributed by atoms with van der Waals surface area (Å²) < 4.78 is 7.59. The number of hydrogen-bond donors (Lipinski definition) is 1. The molecule has 1 N–H and O–H groups in total. The van der Waals surface area contributed by atoms with Gasteiger partial charge in [0.15, 0.2) is 0 Å². The number of rotatable bonds is 1. The van der Waals surface area contributed by atoms with Crippen LogP contribution in [0.1, 0.15) is 32.6 Å². The topological polar surface area (TPSA) is 38.3 Å². The van der Waals surface area contributed by atoms with E-state index >= 15 is 0 Å². The number of carbonyl (C=O) groups excluding carboxylic acids is 1. The third-order valence-corrected chi connectivity index (χ3v) is 2.68. The minimum Gasteiger partial charge on any atom is -0.446 e. The Labute approximate surface area is 86.7 Å². The monoisotopic (exact) mass is 283 g/mol. The molecular weight excluding hydrogens is 269 g/mol. The third kappa shape index (κ3) is 3.16. The first-order valence-electron chi connectivity index (χ1n) is 4.29. The smallest absolute Gasteiger partial charge is 0.416 e. The van der Waals surface area contributed by atoms with Crippen LogP contribution in [-0.4, -0.2) is 12.2 Å². The molecule has 0 saturated heterocycles. The molecule has 0 spiro atoms. The number of nitrogens with one attached hydrogen (secondary N) is 1. The molecule has 12 heavy (non-hydrogen) atoms. The van der Waals surface area contributed by atoms with Crippen LogP contribution in [0.25, 0.3) is 0 Å². The number of amides is 1. The highest BCUT2D eigenvalue weighted by Gasteiger charge is 2.21. The zero-order chi connectivity index (χ0) is 8.97. The van der Waals surface area contributed by atoms with Gasteiger partial charge in [0, 0.05) is 0 Å². The molecule has 0 aromatic heterocycles. The van der Waals surface area contributed by atoms with Crippen LogP contribution < -0.4 is 3.53 Å². The van der Waals surface area contributed by atoms with Crippen molar-refractivity contribution in [1.82, 2.24) is 3.53 Å². The third-order valence-electron chi connectivity index (χ3n) is 2.24. The number of carbonyl (C=O) groups is 1. The Hall–Kier alpha value is 0. The molecule has 0 aromatic carbocycles. The summed E-state index contributed by atoms with van der Waals surface area (Å²) in [6.45, 7) is 2.21. The van der Waals surface area contributed by atoms with Crippen LogP contribution in [0.4, 0.5) is 4.79 Å². The van der Waals surface area contributed by atoms with Gasteiger partial charge in [-0.15, -0.1) is 0 Å². The number of ether oxygens (including phenoxy) is 1. The van der Waals surface area contributed by atoms with Gasteiger partial charge in [-0.2, -0.15) is 0 Å². The van der Waals surface area contributed by atoms with Gasteiger partial charge in [0.2, 0.25) is 0 Å². The Bertz CT molecular complexity index is 163. The summed E-state index contributed by atoms with van der Waals surface area (Å²) in [5.41, 5.74) is 0. The Kier molecular flexibility index (Phi) is 4.11. The summed E-state index contributed by atoms with van der Waals surface area (Å²) in [6, 6.07) is 0. The van der Waals surface area contributed by atoms with Crippen molar-refractivity contribution in [3.8, 4) is 0 Å². The Balaban J connectivity index is 2.27. The van der Waals surface area contributed by atoms with Gasteiger partial charge in [-0.25, -0.2) is 4.79 Å². The lowest BCUT2D eigenvalue weighted by Crippen LogP contribution is -2.27. The van der Waals surface area contributed by atoms with Crippen molar-refractivity contribution in [2.75, 3.05) is 0 Å². The van der Waals surface area contributed by atoms with Crippen molar-refractivity contribution in [1.29, 1.82) is 0 Å². The van der Waals surface area contributed by atoms with E-state index in [-0.39, 0.29) is 12.2 Å². The highest BCUT2D eigenvalue weighted by molar-refractivity contribution is 14.1. The molecule has 0 aliphatic heterocycles. The molecule has 1 rings (SSSR count). The molecule has 1 fully saturated rings. The fourth-order valence-electron chi connectivity index (χ4n) is 1.66. The summed E-state index contributed by atoms with van der Waals surface area (Å²) >= 11 is 1.79. The molecule has 1 saturated carbocycles. The van der Waals surface area contributed by atoms with Crippen LogP contribution in [0.15, 0.2) is 0 Å². The highest BCUT2D eigenvalue weighted by Crippen LogP contribution is 2.25. The minimum atomic E-state index is -0.310. The molecule has 0 aromatic rings. The van der Waals surface area contributed by atoms with Gasteiger partial charge in [-0.3, -0.25) is 3.53 Å². The van der Waals surface area contributed by atoms with E-state index in [9.17, 15) is 4.79 Å². The van der Waals surface area contributed by atoms with E-state index in [4.69, 9.17) is 4.74 Å². The predicted octanol–water partition coefficient (Wildman–Crippen LogP) is 2.64. The second kappa shape index (κ2) is 4.89. The van der Waals surface area contributed by atoms with Gasteiger partial charge < -0.3 is 4.74 Å². The first-order valence-corrected chi connectivity index (χ1v) is 5.37. The van der Waals surface area contributed by atoms with E-state index in [2.05, 4.69) is 10.5 Å². The van der Waals surface area contributed by atoms with Gasteiger partial charge in [0.1, 0.15) is 6.10 Å². The van der Waals surface area contributed by atoms with Gasteiger partial charge in [0.05, 0.1) is 22.9 Å². The molecule has 1 aliphatic rings. The second-order valence-corrected chi connectivity index (χ2v) is 3.93. The van der Waals surface area contributed by atoms with Crippen molar-refractivity contribution >= 4 is 29.0 Å². The fraction of sp³-hybridized carbons (Fsp3) is 0.875. The minimum absolute atomic E-state index is 0.142. The van der Waals surface area contributed by atoms with Gasteiger partial charge in [-0.05, 0) is 25.2 Å². The maximum atomic E-state index is 10.8. The summed E-state index contributed by atoms with van der Waals surface area (Å²) in [7, 11) is 0. The number of hydrogen-bond acceptors (Lipinski definition) is 2. The van der Waals surface area contributed by atoms with Crippen molar-refractivity contribution in [3.05, 3.63) is 0 Å². The van der Waals surface area contributed by atoms with Crippen LogP contribution >= 0.6 is 22.9 Å². The Morgan fingerprint density at radius 1 is 1.58 bits per heavy atom. The largest absolute Gasteiger partial charge is 0.446 e. The van der Waals surface area contributed by atoms with Crippen molar-refractivity contribution in [2.45, 2.75) is 38.7 Å². The van der Waals surface area contributed by atoms with E-state index in [1.165, 1.54) is 12.8 Å². The number of halogens is 1. The average Bonchev–Trinajstić information content (AvgIpc) is 2.04. The zero-order valence-corrected chi connectivity index (χ0v) is 9.34. The molecule has 1 amide bonds. The van der Waals surface area contributed by atoms with Crippen LogP contribution in [0.5, 0.6) is 0 Å².